The number of halogens is 2. The van der Waals surface area contributed by atoms with E-state index in [4.69, 9.17) is 6.42 Å². The SMILES string of the molecule is C#Cc1c(F)ccc2cc(O)cc(-c3ncc4c(N5CC6CCC(C5)N6C=O)nc(=O)[nH]c4c3F)c12. The van der Waals surface area contributed by atoms with Gasteiger partial charge in [-0.05, 0) is 36.4 Å². The summed E-state index contributed by atoms with van der Waals surface area (Å²) >= 11 is 0. The van der Waals surface area contributed by atoms with Gasteiger partial charge in [-0.3, -0.25) is 9.78 Å². The number of fused-ring (bicyclic) bond motifs is 4. The van der Waals surface area contributed by atoms with E-state index < -0.39 is 17.3 Å². The number of anilines is 1. The zero-order valence-corrected chi connectivity index (χ0v) is 18.8. The maximum atomic E-state index is 16.0. The van der Waals surface area contributed by atoms with Gasteiger partial charge in [0, 0.05) is 42.3 Å². The number of phenols is 1. The van der Waals surface area contributed by atoms with Crippen LogP contribution in [0.25, 0.3) is 32.9 Å². The van der Waals surface area contributed by atoms with Crippen molar-refractivity contribution in [3.63, 3.8) is 0 Å². The maximum absolute atomic E-state index is 16.0. The van der Waals surface area contributed by atoms with Crippen molar-refractivity contribution < 1.29 is 18.7 Å². The molecule has 0 radical (unpaired) electrons. The molecule has 0 saturated carbocycles. The normalized spacial score (nSPS) is 19.1. The van der Waals surface area contributed by atoms with Gasteiger partial charge >= 0.3 is 5.69 Å². The summed E-state index contributed by atoms with van der Waals surface area (Å²) in [5, 5.41) is 11.2. The lowest BCUT2D eigenvalue weighted by molar-refractivity contribution is -0.121. The molecule has 2 N–H and O–H groups in total. The fourth-order valence-electron chi connectivity index (χ4n) is 5.53. The third-order valence-corrected chi connectivity index (χ3v) is 7.11. The quantitative estimate of drug-likeness (QED) is 0.340. The number of pyridine rings is 1. The first-order valence-corrected chi connectivity index (χ1v) is 11.4. The average molecular weight is 487 g/mol. The lowest BCUT2D eigenvalue weighted by Gasteiger charge is -2.39. The Balaban J connectivity index is 1.55. The number of benzene rings is 2. The molecule has 1 amide bonds. The minimum atomic E-state index is -0.859. The van der Waals surface area contributed by atoms with Gasteiger partial charge in [0.25, 0.3) is 0 Å². The summed E-state index contributed by atoms with van der Waals surface area (Å²) < 4.78 is 30.5. The van der Waals surface area contributed by atoms with Crippen molar-refractivity contribution in [2.75, 3.05) is 18.0 Å². The minimum absolute atomic E-state index is 0.00907. The van der Waals surface area contributed by atoms with E-state index in [2.05, 4.69) is 20.9 Å². The number of H-pyrrole nitrogens is 1. The fourth-order valence-corrected chi connectivity index (χ4v) is 5.53. The molecule has 2 aliphatic rings. The number of amides is 1. The second-order valence-electron chi connectivity index (χ2n) is 9.08. The minimum Gasteiger partial charge on any atom is -0.508 e. The number of terminal acetylenes is 1. The summed E-state index contributed by atoms with van der Waals surface area (Å²) in [7, 11) is 0. The van der Waals surface area contributed by atoms with Crippen LogP contribution in [0.5, 0.6) is 5.75 Å². The van der Waals surface area contributed by atoms with Crippen LogP contribution in [0.15, 0.2) is 35.3 Å². The predicted molar refractivity (Wildman–Crippen MR) is 130 cm³/mol. The van der Waals surface area contributed by atoms with Crippen LogP contribution in [0.1, 0.15) is 18.4 Å². The Labute approximate surface area is 203 Å². The molecule has 36 heavy (non-hydrogen) atoms. The Morgan fingerprint density at radius 1 is 1.19 bits per heavy atom. The summed E-state index contributed by atoms with van der Waals surface area (Å²) in [6, 6.07) is 5.25. The van der Waals surface area contributed by atoms with Crippen LogP contribution < -0.4 is 10.6 Å². The Bertz CT molecular complexity index is 1670. The number of hydrogen-bond donors (Lipinski definition) is 2. The third kappa shape index (κ3) is 3.20. The van der Waals surface area contributed by atoms with Gasteiger partial charge in [0.05, 0.1) is 16.5 Å². The predicted octanol–water partition coefficient (Wildman–Crippen LogP) is 2.91. The van der Waals surface area contributed by atoms with E-state index in [1.165, 1.54) is 30.5 Å². The number of aromatic nitrogens is 3. The molecule has 2 aromatic carbocycles. The first-order valence-electron chi connectivity index (χ1n) is 11.4. The van der Waals surface area contributed by atoms with Crippen molar-refractivity contribution in [2.24, 2.45) is 0 Å². The number of phenolic OH excluding ortho intramolecular Hbond substituents is 1. The molecule has 2 saturated heterocycles. The molecule has 180 valence electrons. The first-order chi connectivity index (χ1) is 17.4. The monoisotopic (exact) mass is 487 g/mol. The molecular formula is C26H19F2N5O3. The highest BCUT2D eigenvalue weighted by atomic mass is 19.1. The molecule has 10 heteroatoms. The van der Waals surface area contributed by atoms with Crippen molar-refractivity contribution in [3.05, 3.63) is 58.1 Å². The Kier molecular flexibility index (Phi) is 4.89. The first kappa shape index (κ1) is 22.0. The Morgan fingerprint density at radius 3 is 2.64 bits per heavy atom. The molecule has 2 unspecified atom stereocenters. The molecule has 4 heterocycles. The van der Waals surface area contributed by atoms with Gasteiger partial charge in [0.2, 0.25) is 6.41 Å². The van der Waals surface area contributed by atoms with E-state index >= 15 is 4.39 Å². The Morgan fingerprint density at radius 2 is 1.94 bits per heavy atom. The van der Waals surface area contributed by atoms with Crippen molar-refractivity contribution >= 4 is 33.9 Å². The smallest absolute Gasteiger partial charge is 0.347 e. The van der Waals surface area contributed by atoms with Crippen LogP contribution in [-0.4, -0.2) is 56.5 Å². The summed E-state index contributed by atoms with van der Waals surface area (Å²) in [4.78, 5) is 38.5. The van der Waals surface area contributed by atoms with Crippen LogP contribution in [0.3, 0.4) is 0 Å². The standard InChI is InChI=1S/C26H19F2N5O3/c1-2-17-20(27)6-3-13-7-16(35)8-18(21(13)17)23-22(28)24-19(9-29-23)25(31-26(36)30-24)32-10-14-4-5-15(11-32)33(14)12-34/h1,3,6-9,12,14-15,35H,4-5,10-11H2,(H,30,31,36). The summed E-state index contributed by atoms with van der Waals surface area (Å²) in [6.45, 7) is 0.929. The van der Waals surface area contributed by atoms with Crippen molar-refractivity contribution in [1.29, 1.82) is 0 Å². The highest BCUT2D eigenvalue weighted by Crippen LogP contribution is 2.38. The summed E-state index contributed by atoms with van der Waals surface area (Å²) in [5.41, 5.74) is -1.06. The fraction of sp³-hybridized carbons (Fsp3) is 0.231. The number of carbonyl (C=O) groups is 1. The van der Waals surface area contributed by atoms with Crippen LogP contribution >= 0.6 is 0 Å². The van der Waals surface area contributed by atoms with Crippen LogP contribution in [0.2, 0.25) is 0 Å². The molecule has 2 bridgehead atoms. The molecule has 8 nitrogen and oxygen atoms in total. The molecule has 2 atom stereocenters. The van der Waals surface area contributed by atoms with Crippen molar-refractivity contribution in [1.82, 2.24) is 19.9 Å². The zero-order valence-electron chi connectivity index (χ0n) is 18.8. The third-order valence-electron chi connectivity index (χ3n) is 7.11. The van der Waals surface area contributed by atoms with Gasteiger partial charge in [-0.1, -0.05) is 12.0 Å². The number of aromatic amines is 1. The van der Waals surface area contributed by atoms with E-state index in [0.717, 1.165) is 19.3 Å². The molecule has 2 aliphatic heterocycles. The number of nitrogens with zero attached hydrogens (tertiary/aromatic N) is 4. The van der Waals surface area contributed by atoms with Gasteiger partial charge in [0.15, 0.2) is 5.82 Å². The zero-order chi connectivity index (χ0) is 25.1. The molecule has 0 aliphatic carbocycles. The molecule has 6 rings (SSSR count). The summed E-state index contributed by atoms with van der Waals surface area (Å²) in [6.07, 6.45) is 9.48. The average Bonchev–Trinajstić information content (AvgIpc) is 3.11. The van der Waals surface area contributed by atoms with Gasteiger partial charge in [-0.2, -0.15) is 4.98 Å². The molecule has 4 aromatic rings. The van der Waals surface area contributed by atoms with E-state index in [9.17, 15) is 19.1 Å². The second-order valence-corrected chi connectivity index (χ2v) is 9.08. The maximum Gasteiger partial charge on any atom is 0.347 e. The van der Waals surface area contributed by atoms with Gasteiger partial charge < -0.3 is 19.9 Å². The number of carbonyl (C=O) groups excluding carboxylic acids is 1. The second kappa shape index (κ2) is 8.02. The van der Waals surface area contributed by atoms with Crippen LogP contribution in [0, 0.1) is 24.0 Å². The Hall–Kier alpha value is -4.52. The number of aromatic hydroxyl groups is 1. The van der Waals surface area contributed by atoms with E-state index in [0.29, 0.717) is 23.9 Å². The molecular weight excluding hydrogens is 468 g/mol. The number of piperazine rings is 1. The van der Waals surface area contributed by atoms with Gasteiger partial charge in [0.1, 0.15) is 23.1 Å². The lowest BCUT2D eigenvalue weighted by atomic mass is 9.96. The van der Waals surface area contributed by atoms with Crippen LogP contribution in [-0.2, 0) is 4.79 Å². The van der Waals surface area contributed by atoms with Gasteiger partial charge in [-0.15, -0.1) is 6.42 Å². The highest BCUT2D eigenvalue weighted by molar-refractivity contribution is 6.02. The van der Waals surface area contributed by atoms with E-state index in [-0.39, 0.29) is 51.4 Å². The van der Waals surface area contributed by atoms with Crippen molar-refractivity contribution in [2.45, 2.75) is 24.9 Å². The van der Waals surface area contributed by atoms with Crippen molar-refractivity contribution in [3.8, 4) is 29.4 Å². The molecule has 0 spiro atoms. The van der Waals surface area contributed by atoms with E-state index in [1.807, 2.05) is 4.90 Å². The number of nitrogens with one attached hydrogen (secondary N) is 1. The van der Waals surface area contributed by atoms with Crippen LogP contribution in [0.4, 0.5) is 14.6 Å². The number of hydrogen-bond acceptors (Lipinski definition) is 6. The summed E-state index contributed by atoms with van der Waals surface area (Å²) in [5.74, 6) is 0.877. The highest BCUT2D eigenvalue weighted by Gasteiger charge is 2.40. The molecule has 2 aromatic heterocycles. The number of rotatable bonds is 3. The van der Waals surface area contributed by atoms with E-state index in [1.54, 1.807) is 4.90 Å². The lowest BCUT2D eigenvalue weighted by Crippen LogP contribution is -2.53. The van der Waals surface area contributed by atoms with Gasteiger partial charge in [-0.25, -0.2) is 13.6 Å². The largest absolute Gasteiger partial charge is 0.508 e. The molecule has 2 fully saturated rings. The topological polar surface area (TPSA) is 102 Å².